The highest BCUT2D eigenvalue weighted by Gasteiger charge is 2.51. The molecule has 11 nitrogen and oxygen atoms in total. The molecule has 246 valence electrons. The summed E-state index contributed by atoms with van der Waals surface area (Å²) in [6.07, 6.45) is 4.31. The van der Waals surface area contributed by atoms with E-state index in [2.05, 4.69) is 10.1 Å². The first-order chi connectivity index (χ1) is 21.8. The van der Waals surface area contributed by atoms with Crippen molar-refractivity contribution in [1.82, 2.24) is 19.5 Å². The predicted molar refractivity (Wildman–Crippen MR) is 168 cm³/mol. The third kappa shape index (κ3) is 7.11. The lowest BCUT2D eigenvalue weighted by molar-refractivity contribution is -0.125. The van der Waals surface area contributed by atoms with E-state index in [1.807, 2.05) is 25.5 Å². The van der Waals surface area contributed by atoms with Gasteiger partial charge >= 0.3 is 0 Å². The van der Waals surface area contributed by atoms with Crippen molar-refractivity contribution in [3.8, 4) is 5.75 Å². The molecule has 4 aromatic rings. The highest BCUT2D eigenvalue weighted by Crippen LogP contribution is 2.38. The Morgan fingerprint density at radius 1 is 1.07 bits per heavy atom. The van der Waals surface area contributed by atoms with Crippen LogP contribution >= 0.6 is 11.3 Å². The highest BCUT2D eigenvalue weighted by atomic mass is 32.2. The molecule has 1 N–H and O–H groups in total. The number of carbonyl (C=O) groups is 2. The van der Waals surface area contributed by atoms with Crippen LogP contribution in [0.3, 0.4) is 0 Å². The van der Waals surface area contributed by atoms with Crippen LogP contribution in [0.15, 0.2) is 71.3 Å². The molecule has 0 radical (unpaired) electrons. The molecule has 0 saturated carbocycles. The van der Waals surface area contributed by atoms with Crippen LogP contribution in [0, 0.1) is 11.6 Å². The lowest BCUT2D eigenvalue weighted by Gasteiger charge is -2.41. The number of nitrogens with zero attached hydrogens (tertiary/aromatic N) is 4. The minimum absolute atomic E-state index is 0.0220. The summed E-state index contributed by atoms with van der Waals surface area (Å²) in [7, 11) is -2.07. The highest BCUT2D eigenvalue weighted by molar-refractivity contribution is 7.90. The zero-order chi connectivity index (χ0) is 33.7. The largest absolute Gasteiger partial charge is 0.493 e. The number of hydrogen-bond acceptors (Lipinski definition) is 9. The summed E-state index contributed by atoms with van der Waals surface area (Å²) in [6.45, 7) is 5.32. The normalized spacial score (nSPS) is 13.2. The van der Waals surface area contributed by atoms with Gasteiger partial charge in [-0.3, -0.25) is 19.2 Å². The van der Waals surface area contributed by atoms with Gasteiger partial charge in [0.15, 0.2) is 16.7 Å². The van der Waals surface area contributed by atoms with Crippen LogP contribution in [0.4, 0.5) is 13.9 Å². The van der Waals surface area contributed by atoms with Crippen molar-refractivity contribution in [3.05, 3.63) is 89.2 Å². The number of nitrogens with one attached hydrogen (secondary N) is 1. The number of halogens is 2. The Balaban J connectivity index is 1.97. The van der Waals surface area contributed by atoms with Gasteiger partial charge in [0.2, 0.25) is 0 Å². The van der Waals surface area contributed by atoms with Crippen molar-refractivity contribution in [2.24, 2.45) is 0 Å². The van der Waals surface area contributed by atoms with E-state index in [1.54, 1.807) is 17.5 Å². The number of benzene rings is 2. The molecular weight excluding hydrogens is 641 g/mol. The van der Waals surface area contributed by atoms with Crippen LogP contribution in [0.2, 0.25) is 0 Å². The first kappa shape index (κ1) is 34.7. The van der Waals surface area contributed by atoms with Gasteiger partial charge in [-0.15, -0.1) is 11.3 Å². The van der Waals surface area contributed by atoms with Gasteiger partial charge in [0.1, 0.15) is 16.3 Å². The van der Waals surface area contributed by atoms with Crippen molar-refractivity contribution in [2.45, 2.75) is 56.0 Å². The minimum atomic E-state index is -4.80. The number of amides is 2. The molecule has 15 heteroatoms. The van der Waals surface area contributed by atoms with Crippen LogP contribution in [0.5, 0.6) is 5.75 Å². The summed E-state index contributed by atoms with van der Waals surface area (Å²) in [5, 5.41) is 5.74. The average Bonchev–Trinajstić information content (AvgIpc) is 3.71. The fourth-order valence-electron chi connectivity index (χ4n) is 5.08. The Morgan fingerprint density at radius 3 is 2.39 bits per heavy atom. The molecular formula is C31H35F2N5O6S2. The molecule has 0 spiro atoms. The van der Waals surface area contributed by atoms with Gasteiger partial charge in [0.05, 0.1) is 19.2 Å². The molecule has 0 saturated heterocycles. The average molecular weight is 676 g/mol. The van der Waals surface area contributed by atoms with Gasteiger partial charge in [-0.05, 0) is 42.5 Å². The summed E-state index contributed by atoms with van der Waals surface area (Å²) in [5.41, 5.74) is -2.60. The van der Waals surface area contributed by atoms with Crippen molar-refractivity contribution < 1.29 is 36.3 Å². The standard InChI is InChI=1S/C31H35F2N5O6S2/c1-30(2,3)22-13-12-21(25(33)26(22)44-5)27(39)38(29-34-16-19-45-29)31(14-8-18-43-4,20-37-17-9-15-35-37)28(40)36-46(41,42)24-11-7-6-10-23(24)32/h6-7,9-13,15-17,19H,8,14,18,20H2,1-5H3,(H,36,40). The van der Waals surface area contributed by atoms with E-state index < -0.39 is 54.9 Å². The van der Waals surface area contributed by atoms with Crippen molar-refractivity contribution in [2.75, 3.05) is 25.7 Å². The maximum absolute atomic E-state index is 16.3. The quantitative estimate of drug-likeness (QED) is 0.197. The van der Waals surface area contributed by atoms with Crippen molar-refractivity contribution >= 4 is 38.3 Å². The van der Waals surface area contributed by atoms with E-state index in [1.165, 1.54) is 55.7 Å². The molecule has 0 fully saturated rings. The first-order valence-corrected chi connectivity index (χ1v) is 16.5. The van der Waals surface area contributed by atoms with Crippen LogP contribution in [0.1, 0.15) is 49.5 Å². The number of hydrogen-bond donors (Lipinski definition) is 1. The number of ether oxygens (including phenoxy) is 2. The van der Waals surface area contributed by atoms with Gasteiger partial charge in [-0.1, -0.05) is 39.0 Å². The second-order valence-electron chi connectivity index (χ2n) is 11.4. The molecule has 1 unspecified atom stereocenters. The number of rotatable bonds is 13. The zero-order valence-corrected chi connectivity index (χ0v) is 27.6. The lowest BCUT2D eigenvalue weighted by Crippen LogP contribution is -2.64. The summed E-state index contributed by atoms with van der Waals surface area (Å²) < 4.78 is 71.8. The van der Waals surface area contributed by atoms with E-state index in [4.69, 9.17) is 9.47 Å². The minimum Gasteiger partial charge on any atom is -0.493 e. The molecule has 0 aliphatic carbocycles. The van der Waals surface area contributed by atoms with E-state index >= 15 is 4.39 Å². The molecule has 2 aromatic carbocycles. The van der Waals surface area contributed by atoms with Crippen LogP contribution in [0.25, 0.3) is 0 Å². The van der Waals surface area contributed by atoms with Crippen LogP contribution < -0.4 is 14.4 Å². The Bertz CT molecular complexity index is 1780. The Kier molecular flexibility index (Phi) is 10.6. The smallest absolute Gasteiger partial charge is 0.267 e. The topological polar surface area (TPSA) is 133 Å². The molecule has 2 heterocycles. The lowest BCUT2D eigenvalue weighted by atomic mass is 9.85. The Morgan fingerprint density at radius 2 is 1.80 bits per heavy atom. The van der Waals surface area contributed by atoms with E-state index in [0.717, 1.165) is 28.4 Å². The van der Waals surface area contributed by atoms with Crippen molar-refractivity contribution in [1.29, 1.82) is 0 Å². The third-order valence-electron chi connectivity index (χ3n) is 7.28. The third-order valence-corrected chi connectivity index (χ3v) is 9.40. The van der Waals surface area contributed by atoms with E-state index in [-0.39, 0.29) is 36.9 Å². The predicted octanol–water partition coefficient (Wildman–Crippen LogP) is 4.94. The Hall–Kier alpha value is -4.21. The van der Waals surface area contributed by atoms with Crippen LogP contribution in [-0.2, 0) is 31.5 Å². The summed E-state index contributed by atoms with van der Waals surface area (Å²) >= 11 is 0.980. The molecule has 1 atom stereocenters. The van der Waals surface area contributed by atoms with Gasteiger partial charge < -0.3 is 9.47 Å². The molecule has 0 aliphatic heterocycles. The molecule has 46 heavy (non-hydrogen) atoms. The molecule has 2 aromatic heterocycles. The van der Waals surface area contributed by atoms with E-state index in [0.29, 0.717) is 5.56 Å². The number of sulfonamides is 1. The number of carbonyl (C=O) groups excluding carboxylic acids is 2. The molecule has 4 rings (SSSR count). The summed E-state index contributed by atoms with van der Waals surface area (Å²) in [6, 6.07) is 9.01. The fraction of sp³-hybridized carbons (Fsp3) is 0.355. The number of thiazole rings is 1. The number of anilines is 1. The van der Waals surface area contributed by atoms with Gasteiger partial charge in [0.25, 0.3) is 21.8 Å². The van der Waals surface area contributed by atoms with Crippen molar-refractivity contribution in [3.63, 3.8) is 0 Å². The number of aromatic nitrogens is 3. The van der Waals surface area contributed by atoms with E-state index in [9.17, 15) is 22.4 Å². The maximum Gasteiger partial charge on any atom is 0.267 e. The number of methoxy groups -OCH3 is 2. The van der Waals surface area contributed by atoms with Crippen LogP contribution in [-0.4, -0.2) is 61.4 Å². The van der Waals surface area contributed by atoms with Gasteiger partial charge in [0, 0.05) is 43.3 Å². The molecule has 0 aliphatic rings. The summed E-state index contributed by atoms with van der Waals surface area (Å²) in [5.74, 6) is -4.38. The Labute approximate surface area is 270 Å². The maximum atomic E-state index is 16.3. The molecule has 0 bridgehead atoms. The fourth-order valence-corrected chi connectivity index (χ4v) is 6.93. The zero-order valence-electron chi connectivity index (χ0n) is 26.0. The SMILES string of the molecule is COCCCC(Cn1cccn1)(C(=O)NS(=O)(=O)c1ccccc1F)N(C(=O)c1ccc(C(C)(C)C)c(OC)c1F)c1nccs1. The first-order valence-electron chi connectivity index (χ1n) is 14.2. The summed E-state index contributed by atoms with van der Waals surface area (Å²) in [4.78, 5) is 33.7. The van der Waals surface area contributed by atoms with Gasteiger partial charge in [-0.25, -0.2) is 26.9 Å². The second-order valence-corrected chi connectivity index (χ2v) is 13.9. The second kappa shape index (κ2) is 14.1. The molecule has 2 amide bonds. The monoisotopic (exact) mass is 675 g/mol. The van der Waals surface area contributed by atoms with Gasteiger partial charge in [-0.2, -0.15) is 5.10 Å².